The standard InChI is InChI=1S/C17H24N2O6S/c1-12(2)25-14-7-5-13(6-8-14)19-26(23,24)11-15(20)18-17(16(21)22)9-3-4-10-17/h5-8,12,19H,3-4,9-11H2,1-2H3,(H,18,20)(H,21,22). The maximum absolute atomic E-state index is 12.2. The van der Waals surface area contributed by atoms with Crippen molar-refractivity contribution in [2.45, 2.75) is 51.2 Å². The molecule has 1 aromatic carbocycles. The van der Waals surface area contributed by atoms with Crippen LogP contribution in [-0.4, -0.2) is 42.8 Å². The number of nitrogens with one attached hydrogen (secondary N) is 2. The van der Waals surface area contributed by atoms with Crippen LogP contribution in [0.25, 0.3) is 0 Å². The number of hydrogen-bond donors (Lipinski definition) is 3. The van der Waals surface area contributed by atoms with Crippen molar-refractivity contribution < 1.29 is 27.9 Å². The highest BCUT2D eigenvalue weighted by Gasteiger charge is 2.43. The minimum Gasteiger partial charge on any atom is -0.491 e. The van der Waals surface area contributed by atoms with Crippen LogP contribution >= 0.6 is 0 Å². The third-order valence-electron chi connectivity index (χ3n) is 4.07. The molecule has 0 heterocycles. The number of carbonyl (C=O) groups excluding carboxylic acids is 1. The van der Waals surface area contributed by atoms with Crippen LogP contribution in [0.1, 0.15) is 39.5 Å². The van der Waals surface area contributed by atoms with Crippen LogP contribution in [0.4, 0.5) is 5.69 Å². The summed E-state index contributed by atoms with van der Waals surface area (Å²) in [5.41, 5.74) is -1.06. The first-order chi connectivity index (χ1) is 12.1. The van der Waals surface area contributed by atoms with Crippen molar-refractivity contribution in [2.75, 3.05) is 10.5 Å². The Morgan fingerprint density at radius 2 is 1.77 bits per heavy atom. The molecule has 0 radical (unpaired) electrons. The molecule has 1 aliphatic rings. The molecular formula is C17H24N2O6S. The normalized spacial score (nSPS) is 16.3. The summed E-state index contributed by atoms with van der Waals surface area (Å²) >= 11 is 0. The highest BCUT2D eigenvalue weighted by Crippen LogP contribution is 2.30. The molecule has 0 bridgehead atoms. The number of carboxylic acid groups (broad SMARTS) is 1. The number of amides is 1. The lowest BCUT2D eigenvalue weighted by Gasteiger charge is -2.25. The molecule has 1 saturated carbocycles. The Kier molecular flexibility index (Phi) is 6.12. The number of benzene rings is 1. The predicted octanol–water partition coefficient (Wildman–Crippen LogP) is 1.73. The molecule has 2 rings (SSSR count). The molecule has 144 valence electrons. The fraction of sp³-hybridized carbons (Fsp3) is 0.529. The van der Waals surface area contributed by atoms with Gasteiger partial charge in [-0.1, -0.05) is 12.8 Å². The molecule has 0 atom stereocenters. The molecule has 1 aromatic rings. The van der Waals surface area contributed by atoms with E-state index in [1.54, 1.807) is 12.1 Å². The maximum atomic E-state index is 12.2. The quantitative estimate of drug-likeness (QED) is 0.627. The van der Waals surface area contributed by atoms with Gasteiger partial charge in [0.05, 0.1) is 6.10 Å². The van der Waals surface area contributed by atoms with Crippen LogP contribution in [0, 0.1) is 0 Å². The fourth-order valence-electron chi connectivity index (χ4n) is 2.94. The molecule has 0 saturated heterocycles. The summed E-state index contributed by atoms with van der Waals surface area (Å²) in [4.78, 5) is 23.5. The van der Waals surface area contributed by atoms with Crippen LogP contribution in [0.2, 0.25) is 0 Å². The van der Waals surface area contributed by atoms with E-state index in [9.17, 15) is 23.1 Å². The first kappa shape index (κ1) is 20.0. The molecule has 1 aliphatic carbocycles. The van der Waals surface area contributed by atoms with E-state index in [4.69, 9.17) is 4.74 Å². The predicted molar refractivity (Wildman–Crippen MR) is 96.6 cm³/mol. The second kappa shape index (κ2) is 7.94. The average molecular weight is 384 g/mol. The monoisotopic (exact) mass is 384 g/mol. The van der Waals surface area contributed by atoms with E-state index in [0.717, 1.165) is 0 Å². The second-order valence-electron chi connectivity index (χ2n) is 6.69. The Balaban J connectivity index is 1.97. The number of hydrogen-bond acceptors (Lipinski definition) is 5. The minimum absolute atomic E-state index is 0.00150. The lowest BCUT2D eigenvalue weighted by molar-refractivity contribution is -0.147. The van der Waals surface area contributed by atoms with Crippen LogP contribution < -0.4 is 14.8 Å². The Morgan fingerprint density at radius 1 is 1.19 bits per heavy atom. The van der Waals surface area contributed by atoms with E-state index in [1.165, 1.54) is 12.1 Å². The lowest BCUT2D eigenvalue weighted by Crippen LogP contribution is -2.54. The summed E-state index contributed by atoms with van der Waals surface area (Å²) in [6.07, 6.45) is 1.97. The third-order valence-corrected chi connectivity index (χ3v) is 5.25. The van der Waals surface area contributed by atoms with Gasteiger partial charge in [-0.05, 0) is 51.0 Å². The summed E-state index contributed by atoms with van der Waals surface area (Å²) in [6, 6.07) is 6.30. The van der Waals surface area contributed by atoms with Crippen LogP contribution in [0.3, 0.4) is 0 Å². The summed E-state index contributed by atoms with van der Waals surface area (Å²) in [5, 5.41) is 11.7. The summed E-state index contributed by atoms with van der Waals surface area (Å²) < 4.78 is 32.1. The van der Waals surface area contributed by atoms with Crippen molar-refractivity contribution in [1.82, 2.24) is 5.32 Å². The van der Waals surface area contributed by atoms with Crippen LogP contribution in [-0.2, 0) is 19.6 Å². The van der Waals surface area contributed by atoms with Gasteiger partial charge < -0.3 is 15.2 Å². The van der Waals surface area contributed by atoms with Gasteiger partial charge in [0.1, 0.15) is 17.0 Å². The highest BCUT2D eigenvalue weighted by molar-refractivity contribution is 7.93. The molecule has 26 heavy (non-hydrogen) atoms. The maximum Gasteiger partial charge on any atom is 0.329 e. The first-order valence-electron chi connectivity index (χ1n) is 8.43. The largest absolute Gasteiger partial charge is 0.491 e. The van der Waals surface area contributed by atoms with Gasteiger partial charge in [-0.2, -0.15) is 0 Å². The summed E-state index contributed by atoms with van der Waals surface area (Å²) in [5.74, 6) is -2.20. The molecule has 3 N–H and O–H groups in total. The molecule has 0 aliphatic heterocycles. The topological polar surface area (TPSA) is 122 Å². The smallest absolute Gasteiger partial charge is 0.329 e. The van der Waals surface area contributed by atoms with Crippen molar-refractivity contribution in [3.63, 3.8) is 0 Å². The van der Waals surface area contributed by atoms with E-state index in [1.807, 2.05) is 13.8 Å². The van der Waals surface area contributed by atoms with Gasteiger partial charge in [0.15, 0.2) is 0 Å². The number of carboxylic acids is 1. The van der Waals surface area contributed by atoms with Crippen LogP contribution in [0.5, 0.6) is 5.75 Å². The number of rotatable bonds is 8. The first-order valence-corrected chi connectivity index (χ1v) is 10.1. The highest BCUT2D eigenvalue weighted by atomic mass is 32.2. The van der Waals surface area contributed by atoms with Crippen molar-refractivity contribution in [2.24, 2.45) is 0 Å². The summed E-state index contributed by atoms with van der Waals surface area (Å²) in [6.45, 7) is 3.76. The van der Waals surface area contributed by atoms with Crippen molar-refractivity contribution >= 4 is 27.6 Å². The Morgan fingerprint density at radius 3 is 2.27 bits per heavy atom. The Bertz CT molecular complexity index is 752. The zero-order chi connectivity index (χ0) is 19.4. The molecule has 1 amide bonds. The third kappa shape index (κ3) is 5.35. The minimum atomic E-state index is -3.96. The van der Waals surface area contributed by atoms with Crippen molar-refractivity contribution in [3.8, 4) is 5.75 Å². The van der Waals surface area contributed by atoms with E-state index in [2.05, 4.69) is 10.0 Å². The zero-order valence-electron chi connectivity index (χ0n) is 14.8. The van der Waals surface area contributed by atoms with Crippen LogP contribution in [0.15, 0.2) is 24.3 Å². The fourth-order valence-corrected chi connectivity index (χ4v) is 3.92. The van der Waals surface area contributed by atoms with Crippen molar-refractivity contribution in [1.29, 1.82) is 0 Å². The zero-order valence-corrected chi connectivity index (χ0v) is 15.6. The van der Waals surface area contributed by atoms with Gasteiger partial charge in [0.2, 0.25) is 15.9 Å². The summed E-state index contributed by atoms with van der Waals surface area (Å²) in [7, 11) is -3.96. The number of aliphatic carboxylic acids is 1. The van der Waals surface area contributed by atoms with E-state index >= 15 is 0 Å². The molecule has 0 aromatic heterocycles. The number of ether oxygens (including phenoxy) is 1. The Hall–Kier alpha value is -2.29. The molecule has 9 heteroatoms. The molecule has 0 unspecified atom stereocenters. The lowest BCUT2D eigenvalue weighted by atomic mass is 9.98. The Labute approximate surface area is 153 Å². The van der Waals surface area contributed by atoms with E-state index < -0.39 is 33.2 Å². The molecular weight excluding hydrogens is 360 g/mol. The molecule has 1 fully saturated rings. The van der Waals surface area contributed by atoms with Crippen molar-refractivity contribution in [3.05, 3.63) is 24.3 Å². The van der Waals surface area contributed by atoms with Gasteiger partial charge in [-0.25, -0.2) is 13.2 Å². The number of carbonyl (C=O) groups is 2. The second-order valence-corrected chi connectivity index (χ2v) is 8.42. The van der Waals surface area contributed by atoms with Gasteiger partial charge in [-0.3, -0.25) is 9.52 Å². The van der Waals surface area contributed by atoms with Gasteiger partial charge in [-0.15, -0.1) is 0 Å². The van der Waals surface area contributed by atoms with Gasteiger partial charge in [0.25, 0.3) is 0 Å². The van der Waals surface area contributed by atoms with E-state index in [-0.39, 0.29) is 6.10 Å². The molecule has 8 nitrogen and oxygen atoms in total. The number of sulfonamides is 1. The van der Waals surface area contributed by atoms with E-state index in [0.29, 0.717) is 37.1 Å². The van der Waals surface area contributed by atoms with Gasteiger partial charge in [0, 0.05) is 5.69 Å². The average Bonchev–Trinajstić information content (AvgIpc) is 2.97. The SMILES string of the molecule is CC(C)Oc1ccc(NS(=O)(=O)CC(=O)NC2(C(=O)O)CCCC2)cc1. The van der Waals surface area contributed by atoms with Gasteiger partial charge >= 0.3 is 5.97 Å². The molecule has 0 spiro atoms. The number of anilines is 1.